The van der Waals surface area contributed by atoms with E-state index >= 15 is 0 Å². The highest BCUT2D eigenvalue weighted by Gasteiger charge is 2.24. The van der Waals surface area contributed by atoms with Crippen molar-refractivity contribution in [2.75, 3.05) is 17.8 Å². The van der Waals surface area contributed by atoms with Crippen LogP contribution in [0.1, 0.15) is 41.3 Å². The average Bonchev–Trinajstić information content (AvgIpc) is 3.09. The molecule has 1 N–H and O–H groups in total. The van der Waals surface area contributed by atoms with E-state index in [2.05, 4.69) is 11.6 Å². The van der Waals surface area contributed by atoms with Gasteiger partial charge in [0.1, 0.15) is 4.21 Å². The van der Waals surface area contributed by atoms with Crippen molar-refractivity contribution < 1.29 is 13.2 Å². The van der Waals surface area contributed by atoms with Gasteiger partial charge in [0.15, 0.2) is 0 Å². The number of nitrogens with zero attached hydrogens (tertiary/aromatic N) is 1. The molecule has 7 heteroatoms. The SMILES string of the molecule is Cc1ccc(NS(=O)(=O)c2cc(C(=O)N3CCC(C)CC3)cs2)cc1C. The molecule has 1 aromatic heterocycles. The number of amides is 1. The van der Waals surface area contributed by atoms with Crippen LogP contribution in [0, 0.1) is 19.8 Å². The van der Waals surface area contributed by atoms with Crippen LogP contribution in [0.2, 0.25) is 0 Å². The lowest BCUT2D eigenvalue weighted by Crippen LogP contribution is -2.37. The molecule has 2 aromatic rings. The summed E-state index contributed by atoms with van der Waals surface area (Å²) in [4.78, 5) is 14.4. The van der Waals surface area contributed by atoms with Crippen LogP contribution in [0.15, 0.2) is 33.9 Å². The maximum Gasteiger partial charge on any atom is 0.271 e. The van der Waals surface area contributed by atoms with Gasteiger partial charge in [-0.2, -0.15) is 0 Å². The van der Waals surface area contributed by atoms with E-state index < -0.39 is 10.0 Å². The van der Waals surface area contributed by atoms with Crippen molar-refractivity contribution in [2.24, 2.45) is 5.92 Å². The summed E-state index contributed by atoms with van der Waals surface area (Å²) >= 11 is 1.08. The summed E-state index contributed by atoms with van der Waals surface area (Å²) in [6.45, 7) is 7.58. The maximum absolute atomic E-state index is 12.6. The first-order valence-electron chi connectivity index (χ1n) is 8.74. The van der Waals surface area contributed by atoms with Gasteiger partial charge in [-0.05, 0) is 61.9 Å². The number of carbonyl (C=O) groups excluding carboxylic acids is 1. The van der Waals surface area contributed by atoms with Gasteiger partial charge in [-0.3, -0.25) is 9.52 Å². The summed E-state index contributed by atoms with van der Waals surface area (Å²) in [5.74, 6) is 0.556. The third-order valence-corrected chi connectivity index (χ3v) is 7.74. The van der Waals surface area contributed by atoms with Gasteiger partial charge >= 0.3 is 0 Å². The molecule has 140 valence electrons. The molecule has 0 unspecified atom stereocenters. The largest absolute Gasteiger partial charge is 0.339 e. The van der Waals surface area contributed by atoms with Crippen LogP contribution >= 0.6 is 11.3 Å². The van der Waals surface area contributed by atoms with Crippen LogP contribution in [0.5, 0.6) is 0 Å². The summed E-state index contributed by atoms with van der Waals surface area (Å²) in [7, 11) is -3.70. The molecular weight excluding hydrogens is 368 g/mol. The zero-order chi connectivity index (χ0) is 18.9. The Hall–Kier alpha value is -1.86. The highest BCUT2D eigenvalue weighted by atomic mass is 32.2. The lowest BCUT2D eigenvalue weighted by Gasteiger charge is -2.30. The smallest absolute Gasteiger partial charge is 0.271 e. The van der Waals surface area contributed by atoms with E-state index in [4.69, 9.17) is 0 Å². The number of likely N-dealkylation sites (tertiary alicyclic amines) is 1. The molecule has 1 fully saturated rings. The number of hydrogen-bond donors (Lipinski definition) is 1. The number of nitrogens with one attached hydrogen (secondary N) is 1. The Balaban J connectivity index is 1.75. The van der Waals surface area contributed by atoms with Crippen LogP contribution in [-0.4, -0.2) is 32.3 Å². The molecule has 0 aliphatic carbocycles. The number of thiophene rings is 1. The number of carbonyl (C=O) groups is 1. The Bertz CT molecular complexity index is 911. The van der Waals surface area contributed by atoms with Gasteiger partial charge in [-0.1, -0.05) is 13.0 Å². The molecule has 1 aliphatic rings. The number of anilines is 1. The first-order chi connectivity index (χ1) is 12.3. The molecule has 3 rings (SSSR count). The second-order valence-corrected chi connectivity index (χ2v) is 9.85. The molecule has 26 heavy (non-hydrogen) atoms. The fourth-order valence-electron chi connectivity index (χ4n) is 2.97. The number of hydrogen-bond acceptors (Lipinski definition) is 4. The molecular formula is C19H24N2O3S2. The third kappa shape index (κ3) is 4.10. The summed E-state index contributed by atoms with van der Waals surface area (Å²) < 4.78 is 28.0. The van der Waals surface area contributed by atoms with E-state index in [9.17, 15) is 13.2 Å². The lowest BCUT2D eigenvalue weighted by molar-refractivity contribution is 0.0697. The number of piperidine rings is 1. The molecule has 0 spiro atoms. The Kier molecular flexibility index (Phi) is 5.39. The van der Waals surface area contributed by atoms with E-state index in [1.807, 2.05) is 24.8 Å². The van der Waals surface area contributed by atoms with Gasteiger partial charge in [0, 0.05) is 24.2 Å². The zero-order valence-corrected chi connectivity index (χ0v) is 16.9. The predicted octanol–water partition coefficient (Wildman–Crippen LogP) is 4.04. The van der Waals surface area contributed by atoms with E-state index in [0.717, 1.165) is 48.4 Å². The zero-order valence-electron chi connectivity index (χ0n) is 15.3. The van der Waals surface area contributed by atoms with Crippen LogP contribution in [-0.2, 0) is 10.0 Å². The van der Waals surface area contributed by atoms with Gasteiger partial charge in [0.05, 0.1) is 5.56 Å². The van der Waals surface area contributed by atoms with E-state index in [1.165, 1.54) is 6.07 Å². The van der Waals surface area contributed by atoms with Crippen molar-refractivity contribution in [3.8, 4) is 0 Å². The fourth-order valence-corrected chi connectivity index (χ4v) is 5.18. The monoisotopic (exact) mass is 392 g/mol. The van der Waals surface area contributed by atoms with Gasteiger partial charge in [-0.25, -0.2) is 8.42 Å². The summed E-state index contributed by atoms with van der Waals surface area (Å²) in [5.41, 5.74) is 3.10. The molecule has 2 heterocycles. The van der Waals surface area contributed by atoms with Crippen molar-refractivity contribution in [3.05, 3.63) is 46.3 Å². The second-order valence-electron chi connectivity index (χ2n) is 7.03. The summed E-state index contributed by atoms with van der Waals surface area (Å²) in [6, 6.07) is 6.91. The summed E-state index contributed by atoms with van der Waals surface area (Å²) in [5, 5.41) is 1.63. The van der Waals surface area contributed by atoms with Crippen LogP contribution in [0.3, 0.4) is 0 Å². The minimum atomic E-state index is -3.70. The van der Waals surface area contributed by atoms with Gasteiger partial charge in [0.25, 0.3) is 15.9 Å². The highest BCUT2D eigenvalue weighted by molar-refractivity contribution is 7.94. The van der Waals surface area contributed by atoms with E-state index in [0.29, 0.717) is 17.2 Å². The minimum absolute atomic E-state index is 0.0826. The van der Waals surface area contributed by atoms with E-state index in [1.54, 1.807) is 17.5 Å². The molecule has 0 saturated carbocycles. The maximum atomic E-state index is 12.6. The third-order valence-electron chi connectivity index (χ3n) is 4.92. The first kappa shape index (κ1) is 18.9. The molecule has 1 amide bonds. The number of rotatable bonds is 4. The van der Waals surface area contributed by atoms with Crippen LogP contribution < -0.4 is 4.72 Å². The quantitative estimate of drug-likeness (QED) is 0.854. The Morgan fingerprint density at radius 2 is 1.85 bits per heavy atom. The first-order valence-corrected chi connectivity index (χ1v) is 11.1. The van der Waals surface area contributed by atoms with Crippen molar-refractivity contribution in [3.63, 3.8) is 0 Å². The minimum Gasteiger partial charge on any atom is -0.339 e. The highest BCUT2D eigenvalue weighted by Crippen LogP contribution is 2.26. The topological polar surface area (TPSA) is 66.5 Å². The normalized spacial score (nSPS) is 15.9. The van der Waals surface area contributed by atoms with Crippen molar-refractivity contribution >= 4 is 33.0 Å². The Labute approximate surface area is 159 Å². The number of aryl methyl sites for hydroxylation is 2. The van der Waals surface area contributed by atoms with E-state index in [-0.39, 0.29) is 10.1 Å². The van der Waals surface area contributed by atoms with Gasteiger partial charge in [0.2, 0.25) is 0 Å². The second kappa shape index (κ2) is 7.40. The molecule has 1 aliphatic heterocycles. The lowest BCUT2D eigenvalue weighted by atomic mass is 9.99. The molecule has 1 aromatic carbocycles. The van der Waals surface area contributed by atoms with Crippen molar-refractivity contribution in [1.82, 2.24) is 4.90 Å². The fraction of sp³-hybridized carbons (Fsp3) is 0.421. The molecule has 0 atom stereocenters. The van der Waals surface area contributed by atoms with Gasteiger partial charge < -0.3 is 4.90 Å². The average molecular weight is 393 g/mol. The molecule has 5 nitrogen and oxygen atoms in total. The standard InChI is InChI=1S/C19H24N2O3S2/c1-13-6-8-21(9-7-13)19(22)16-11-18(25-12-16)26(23,24)20-17-5-4-14(2)15(3)10-17/h4-5,10-13,20H,6-9H2,1-3H3. The Morgan fingerprint density at radius 1 is 1.15 bits per heavy atom. The molecule has 0 radical (unpaired) electrons. The number of sulfonamides is 1. The van der Waals surface area contributed by atoms with Crippen LogP contribution in [0.25, 0.3) is 0 Å². The molecule has 1 saturated heterocycles. The van der Waals surface area contributed by atoms with Gasteiger partial charge in [-0.15, -0.1) is 11.3 Å². The summed E-state index contributed by atoms with van der Waals surface area (Å²) in [6.07, 6.45) is 1.99. The molecule has 0 bridgehead atoms. The Morgan fingerprint density at radius 3 is 2.50 bits per heavy atom. The predicted molar refractivity (Wildman–Crippen MR) is 105 cm³/mol. The van der Waals surface area contributed by atoms with Crippen molar-refractivity contribution in [1.29, 1.82) is 0 Å². The van der Waals surface area contributed by atoms with Crippen molar-refractivity contribution in [2.45, 2.75) is 37.8 Å². The van der Waals surface area contributed by atoms with Crippen LogP contribution in [0.4, 0.5) is 5.69 Å². The number of benzene rings is 1.